The van der Waals surface area contributed by atoms with Crippen LogP contribution in [0.15, 0.2) is 4.52 Å². The number of aryl methyl sites for hydroxylation is 1. The first-order chi connectivity index (χ1) is 4.25. The van der Waals surface area contributed by atoms with Gasteiger partial charge in [0.15, 0.2) is 5.76 Å². The molecule has 1 heterocycles. The van der Waals surface area contributed by atoms with E-state index in [0.717, 1.165) is 5.69 Å². The summed E-state index contributed by atoms with van der Waals surface area (Å²) in [6.45, 7) is 1.78. The summed E-state index contributed by atoms with van der Waals surface area (Å²) in [4.78, 5) is 0. The monoisotopic (exact) mass is 209 g/mol. The highest BCUT2D eigenvalue weighted by Gasteiger charge is 2.06. The van der Waals surface area contributed by atoms with Crippen LogP contribution in [-0.2, 0) is 5.33 Å². The third-order valence-electron chi connectivity index (χ3n) is 0.982. The fourth-order valence-electron chi connectivity index (χ4n) is 0.490. The molecule has 0 fully saturated rings. The van der Waals surface area contributed by atoms with Crippen LogP contribution in [0.4, 0.5) is 0 Å². The van der Waals surface area contributed by atoms with E-state index in [1.165, 1.54) is 0 Å². The van der Waals surface area contributed by atoms with Gasteiger partial charge in [0, 0.05) is 0 Å². The summed E-state index contributed by atoms with van der Waals surface area (Å²) < 4.78 is 4.77. The van der Waals surface area contributed by atoms with Crippen molar-refractivity contribution in [2.75, 3.05) is 0 Å². The summed E-state index contributed by atoms with van der Waals surface area (Å²) >= 11 is 8.94. The molecule has 0 aliphatic rings. The molecule has 0 atom stereocenters. The van der Waals surface area contributed by atoms with Gasteiger partial charge in [-0.3, -0.25) is 0 Å². The zero-order valence-corrected chi connectivity index (χ0v) is 7.16. The molecule has 0 aliphatic carbocycles. The third kappa shape index (κ3) is 1.27. The fraction of sp³-hybridized carbons (Fsp3) is 0.400. The molecule has 1 aromatic heterocycles. The van der Waals surface area contributed by atoms with Crippen LogP contribution in [0.1, 0.15) is 11.5 Å². The van der Waals surface area contributed by atoms with Gasteiger partial charge in [0.2, 0.25) is 0 Å². The van der Waals surface area contributed by atoms with Crippen LogP contribution in [0.25, 0.3) is 0 Å². The van der Waals surface area contributed by atoms with Crippen molar-refractivity contribution in [3.8, 4) is 0 Å². The van der Waals surface area contributed by atoms with Crippen LogP contribution < -0.4 is 0 Å². The number of alkyl halides is 1. The van der Waals surface area contributed by atoms with E-state index in [1.54, 1.807) is 6.92 Å². The molecule has 0 unspecified atom stereocenters. The predicted molar refractivity (Wildman–Crippen MR) is 38.9 cm³/mol. The Hall–Kier alpha value is -0.0200. The molecule has 2 nitrogen and oxygen atoms in total. The zero-order valence-electron chi connectivity index (χ0n) is 4.82. The maximum atomic E-state index is 5.72. The Kier molecular flexibility index (Phi) is 2.13. The SMILES string of the molecule is Cc1onc(CBr)c1Cl. The van der Waals surface area contributed by atoms with Gasteiger partial charge in [-0.25, -0.2) is 0 Å². The minimum Gasteiger partial charge on any atom is -0.360 e. The molecule has 0 amide bonds. The Morgan fingerprint density at radius 2 is 2.44 bits per heavy atom. The van der Waals surface area contributed by atoms with Crippen LogP contribution >= 0.6 is 27.5 Å². The van der Waals surface area contributed by atoms with Gasteiger partial charge in [-0.1, -0.05) is 32.7 Å². The average Bonchev–Trinajstić information content (AvgIpc) is 2.15. The molecule has 0 spiro atoms. The zero-order chi connectivity index (χ0) is 6.85. The molecular weight excluding hydrogens is 205 g/mol. The Morgan fingerprint density at radius 1 is 1.78 bits per heavy atom. The summed E-state index contributed by atoms with van der Waals surface area (Å²) in [6, 6.07) is 0. The summed E-state index contributed by atoms with van der Waals surface area (Å²) in [6.07, 6.45) is 0. The Bertz CT molecular complexity index is 211. The molecule has 9 heavy (non-hydrogen) atoms. The van der Waals surface area contributed by atoms with Gasteiger partial charge < -0.3 is 4.52 Å². The molecule has 50 valence electrons. The lowest BCUT2D eigenvalue weighted by Gasteiger charge is -1.81. The van der Waals surface area contributed by atoms with E-state index in [1.807, 2.05) is 0 Å². The van der Waals surface area contributed by atoms with Crippen molar-refractivity contribution < 1.29 is 4.52 Å². The number of rotatable bonds is 1. The maximum Gasteiger partial charge on any atom is 0.152 e. The first kappa shape index (κ1) is 7.09. The van der Waals surface area contributed by atoms with Crippen molar-refractivity contribution in [3.63, 3.8) is 0 Å². The second-order valence-electron chi connectivity index (χ2n) is 1.63. The second kappa shape index (κ2) is 2.71. The van der Waals surface area contributed by atoms with Crippen molar-refractivity contribution in [3.05, 3.63) is 16.5 Å². The van der Waals surface area contributed by atoms with Gasteiger partial charge in [-0.05, 0) is 6.92 Å². The molecule has 0 aromatic carbocycles. The minimum atomic E-state index is 0.617. The van der Waals surface area contributed by atoms with Gasteiger partial charge in [0.1, 0.15) is 10.7 Å². The number of halogens is 2. The van der Waals surface area contributed by atoms with Crippen molar-refractivity contribution in [1.29, 1.82) is 0 Å². The third-order valence-corrected chi connectivity index (χ3v) is 2.00. The van der Waals surface area contributed by atoms with Gasteiger partial charge in [-0.2, -0.15) is 0 Å². The van der Waals surface area contributed by atoms with Crippen molar-refractivity contribution in [2.24, 2.45) is 0 Å². The topological polar surface area (TPSA) is 26.0 Å². The standard InChI is InChI=1S/C5H5BrClNO/c1-3-5(7)4(2-6)8-9-3/h2H2,1H3. The number of aromatic nitrogens is 1. The Balaban J connectivity index is 3.04. The maximum absolute atomic E-state index is 5.72. The molecule has 1 aromatic rings. The quantitative estimate of drug-likeness (QED) is 0.666. The molecular formula is C5H5BrClNO. The summed E-state index contributed by atoms with van der Waals surface area (Å²) in [7, 11) is 0. The summed E-state index contributed by atoms with van der Waals surface area (Å²) in [5.41, 5.74) is 0.758. The molecule has 0 saturated heterocycles. The Morgan fingerprint density at radius 3 is 2.67 bits per heavy atom. The van der Waals surface area contributed by atoms with E-state index in [4.69, 9.17) is 16.1 Å². The van der Waals surface area contributed by atoms with Crippen molar-refractivity contribution in [2.45, 2.75) is 12.3 Å². The summed E-state index contributed by atoms with van der Waals surface area (Å²) in [5, 5.41) is 4.94. The van der Waals surface area contributed by atoms with Crippen molar-refractivity contribution in [1.82, 2.24) is 5.16 Å². The molecule has 0 bridgehead atoms. The molecule has 0 saturated carbocycles. The Labute approximate surface area is 66.3 Å². The van der Waals surface area contributed by atoms with E-state index in [0.29, 0.717) is 16.1 Å². The van der Waals surface area contributed by atoms with Gasteiger partial charge >= 0.3 is 0 Å². The molecule has 0 radical (unpaired) electrons. The predicted octanol–water partition coefficient (Wildman–Crippen LogP) is 2.53. The molecule has 0 N–H and O–H groups in total. The lowest BCUT2D eigenvalue weighted by Crippen LogP contribution is -1.74. The largest absolute Gasteiger partial charge is 0.360 e. The molecule has 4 heteroatoms. The van der Waals surface area contributed by atoms with Crippen LogP contribution in [-0.4, -0.2) is 5.16 Å². The minimum absolute atomic E-state index is 0.617. The lowest BCUT2D eigenvalue weighted by atomic mass is 10.4. The average molecular weight is 210 g/mol. The molecule has 1 rings (SSSR count). The van der Waals surface area contributed by atoms with Gasteiger partial charge in [-0.15, -0.1) is 0 Å². The summed E-state index contributed by atoms with van der Waals surface area (Å²) in [5.74, 6) is 0.672. The first-order valence-electron chi connectivity index (χ1n) is 2.42. The first-order valence-corrected chi connectivity index (χ1v) is 3.92. The van der Waals surface area contributed by atoms with Crippen LogP contribution in [0.2, 0.25) is 5.02 Å². The molecule has 0 aliphatic heterocycles. The van der Waals surface area contributed by atoms with Crippen molar-refractivity contribution >= 4 is 27.5 Å². The smallest absolute Gasteiger partial charge is 0.152 e. The van der Waals surface area contributed by atoms with E-state index in [9.17, 15) is 0 Å². The number of hydrogen-bond donors (Lipinski definition) is 0. The van der Waals surface area contributed by atoms with Crippen LogP contribution in [0.5, 0.6) is 0 Å². The van der Waals surface area contributed by atoms with Gasteiger partial charge in [0.25, 0.3) is 0 Å². The van der Waals surface area contributed by atoms with E-state index >= 15 is 0 Å². The highest BCUT2D eigenvalue weighted by Crippen LogP contribution is 2.20. The highest BCUT2D eigenvalue weighted by molar-refractivity contribution is 9.08. The fourth-order valence-corrected chi connectivity index (χ4v) is 1.17. The lowest BCUT2D eigenvalue weighted by molar-refractivity contribution is 0.393. The van der Waals surface area contributed by atoms with E-state index in [-0.39, 0.29) is 0 Å². The second-order valence-corrected chi connectivity index (χ2v) is 2.57. The van der Waals surface area contributed by atoms with Crippen LogP contribution in [0.3, 0.4) is 0 Å². The van der Waals surface area contributed by atoms with E-state index < -0.39 is 0 Å². The van der Waals surface area contributed by atoms with Crippen LogP contribution in [0, 0.1) is 6.92 Å². The number of hydrogen-bond acceptors (Lipinski definition) is 2. The number of nitrogens with zero attached hydrogens (tertiary/aromatic N) is 1. The van der Waals surface area contributed by atoms with Gasteiger partial charge in [0.05, 0.1) is 5.33 Å². The van der Waals surface area contributed by atoms with E-state index in [2.05, 4.69) is 21.1 Å². The normalized spacial score (nSPS) is 10.1. The highest BCUT2D eigenvalue weighted by atomic mass is 79.9.